The number of aliphatic hydroxyl groups is 2. The standard InChI is InChI=1S/C14H20N2O4/c1-7(2)5-11(18)15-10-6-9(17)14(4)13(20)12(19)8(3)16(10)14/h5-6,8,12-13,19-20H,1-4H3,(H,15,18). The van der Waals surface area contributed by atoms with Crippen LogP contribution in [0.4, 0.5) is 0 Å². The SMILES string of the molecule is CC(C)=CC(=O)NC1=CC(=O)C2(C)C(O)C(O)C(C)N12. The molecule has 2 heterocycles. The van der Waals surface area contributed by atoms with E-state index in [0.29, 0.717) is 5.82 Å². The Morgan fingerprint density at radius 2 is 2.05 bits per heavy atom. The van der Waals surface area contributed by atoms with E-state index in [-0.39, 0.29) is 11.7 Å². The van der Waals surface area contributed by atoms with E-state index in [0.717, 1.165) is 5.57 Å². The van der Waals surface area contributed by atoms with Crippen LogP contribution in [-0.4, -0.2) is 50.6 Å². The minimum atomic E-state index is -1.22. The number of nitrogens with zero attached hydrogens (tertiary/aromatic N) is 1. The van der Waals surface area contributed by atoms with Crippen LogP contribution in [0, 0.1) is 0 Å². The Hall–Kier alpha value is -1.66. The van der Waals surface area contributed by atoms with Gasteiger partial charge in [-0.25, -0.2) is 0 Å². The number of rotatable bonds is 2. The highest BCUT2D eigenvalue weighted by atomic mass is 16.3. The van der Waals surface area contributed by atoms with Crippen molar-refractivity contribution in [2.75, 3.05) is 0 Å². The molecule has 3 N–H and O–H groups in total. The van der Waals surface area contributed by atoms with Crippen molar-refractivity contribution in [2.45, 2.75) is 51.5 Å². The lowest BCUT2D eigenvalue weighted by molar-refractivity contribution is -0.126. The third-order valence-corrected chi connectivity index (χ3v) is 4.00. The van der Waals surface area contributed by atoms with Crippen molar-refractivity contribution in [1.82, 2.24) is 10.2 Å². The summed E-state index contributed by atoms with van der Waals surface area (Å²) in [5, 5.41) is 22.7. The van der Waals surface area contributed by atoms with Gasteiger partial charge < -0.3 is 20.4 Å². The Bertz CT molecular complexity index is 521. The molecule has 0 aliphatic carbocycles. The number of fused-ring (bicyclic) bond motifs is 1. The van der Waals surface area contributed by atoms with E-state index in [4.69, 9.17) is 0 Å². The molecule has 20 heavy (non-hydrogen) atoms. The van der Waals surface area contributed by atoms with Gasteiger partial charge in [0.2, 0.25) is 5.91 Å². The van der Waals surface area contributed by atoms with E-state index in [1.807, 2.05) is 0 Å². The van der Waals surface area contributed by atoms with Gasteiger partial charge in [0.05, 0.1) is 6.04 Å². The second-order valence-electron chi connectivity index (χ2n) is 5.80. The summed E-state index contributed by atoms with van der Waals surface area (Å²) in [5.74, 6) is -0.333. The number of carbonyl (C=O) groups is 2. The van der Waals surface area contributed by atoms with Crippen molar-refractivity contribution >= 4 is 11.7 Å². The zero-order valence-corrected chi connectivity index (χ0v) is 12.0. The molecule has 0 radical (unpaired) electrons. The number of aliphatic hydroxyl groups excluding tert-OH is 2. The monoisotopic (exact) mass is 280 g/mol. The summed E-state index contributed by atoms with van der Waals surface area (Å²) < 4.78 is 0. The third kappa shape index (κ3) is 1.96. The van der Waals surface area contributed by atoms with Gasteiger partial charge in [-0.3, -0.25) is 9.59 Å². The fourth-order valence-corrected chi connectivity index (χ4v) is 2.91. The molecule has 0 aromatic carbocycles. The number of ketones is 1. The molecule has 6 heteroatoms. The molecule has 0 spiro atoms. The van der Waals surface area contributed by atoms with E-state index in [2.05, 4.69) is 5.32 Å². The summed E-state index contributed by atoms with van der Waals surface area (Å²) in [7, 11) is 0. The van der Waals surface area contributed by atoms with Crippen LogP contribution in [0.1, 0.15) is 27.7 Å². The number of amides is 1. The Kier molecular flexibility index (Phi) is 3.47. The largest absolute Gasteiger partial charge is 0.388 e. The van der Waals surface area contributed by atoms with Crippen LogP contribution < -0.4 is 5.32 Å². The molecule has 4 atom stereocenters. The van der Waals surface area contributed by atoms with Gasteiger partial charge in [-0.05, 0) is 27.7 Å². The fourth-order valence-electron chi connectivity index (χ4n) is 2.91. The predicted octanol–water partition coefficient (Wildman–Crippen LogP) is -0.323. The van der Waals surface area contributed by atoms with Crippen LogP contribution in [0.3, 0.4) is 0 Å². The van der Waals surface area contributed by atoms with Crippen molar-refractivity contribution in [2.24, 2.45) is 0 Å². The van der Waals surface area contributed by atoms with E-state index in [1.165, 1.54) is 12.2 Å². The lowest BCUT2D eigenvalue weighted by atomic mass is 9.91. The summed E-state index contributed by atoms with van der Waals surface area (Å²) >= 11 is 0. The van der Waals surface area contributed by atoms with Crippen LogP contribution in [-0.2, 0) is 9.59 Å². The van der Waals surface area contributed by atoms with Crippen LogP contribution in [0.25, 0.3) is 0 Å². The molecule has 1 saturated heterocycles. The second kappa shape index (κ2) is 4.71. The maximum Gasteiger partial charge on any atom is 0.249 e. The molecular weight excluding hydrogens is 260 g/mol. The predicted molar refractivity (Wildman–Crippen MR) is 72.4 cm³/mol. The Labute approximate surface area is 117 Å². The van der Waals surface area contributed by atoms with Gasteiger partial charge >= 0.3 is 0 Å². The maximum atomic E-state index is 12.1. The summed E-state index contributed by atoms with van der Waals surface area (Å²) in [4.78, 5) is 25.5. The number of nitrogens with one attached hydrogen (secondary N) is 1. The summed E-state index contributed by atoms with van der Waals surface area (Å²) in [5.41, 5.74) is -0.378. The number of carbonyl (C=O) groups excluding carboxylic acids is 2. The number of hydrogen-bond donors (Lipinski definition) is 3. The summed E-state index contributed by atoms with van der Waals surface area (Å²) in [6.45, 7) is 6.87. The lowest BCUT2D eigenvalue weighted by Crippen LogP contribution is -2.52. The maximum absolute atomic E-state index is 12.1. The zero-order valence-electron chi connectivity index (χ0n) is 12.0. The molecule has 110 valence electrons. The first kappa shape index (κ1) is 14.7. The topological polar surface area (TPSA) is 89.9 Å². The van der Waals surface area contributed by atoms with Crippen molar-refractivity contribution in [1.29, 1.82) is 0 Å². The molecule has 2 rings (SSSR count). The molecule has 6 nitrogen and oxygen atoms in total. The first-order valence-corrected chi connectivity index (χ1v) is 6.57. The first-order chi connectivity index (χ1) is 9.19. The molecule has 4 unspecified atom stereocenters. The van der Waals surface area contributed by atoms with Gasteiger partial charge in [0, 0.05) is 12.2 Å². The minimum Gasteiger partial charge on any atom is -0.388 e. The van der Waals surface area contributed by atoms with Crippen LogP contribution in [0.5, 0.6) is 0 Å². The Morgan fingerprint density at radius 3 is 2.60 bits per heavy atom. The molecule has 2 aliphatic rings. The minimum absolute atomic E-state index is 0.319. The molecule has 0 bridgehead atoms. The highest BCUT2D eigenvalue weighted by Gasteiger charge is 2.61. The average Bonchev–Trinajstić information content (AvgIpc) is 2.66. The average molecular weight is 280 g/mol. The molecule has 0 aromatic rings. The molecular formula is C14H20N2O4. The zero-order chi connectivity index (χ0) is 15.2. The van der Waals surface area contributed by atoms with Gasteiger partial charge in [-0.2, -0.15) is 0 Å². The van der Waals surface area contributed by atoms with Gasteiger partial charge in [0.1, 0.15) is 23.6 Å². The van der Waals surface area contributed by atoms with E-state index < -0.39 is 23.8 Å². The van der Waals surface area contributed by atoms with E-state index in [1.54, 1.807) is 32.6 Å². The van der Waals surface area contributed by atoms with E-state index in [9.17, 15) is 19.8 Å². The normalized spacial score (nSPS) is 35.7. The lowest BCUT2D eigenvalue weighted by Gasteiger charge is -2.34. The molecule has 2 aliphatic heterocycles. The molecule has 1 amide bonds. The second-order valence-corrected chi connectivity index (χ2v) is 5.80. The van der Waals surface area contributed by atoms with Crippen LogP contribution >= 0.6 is 0 Å². The van der Waals surface area contributed by atoms with Gasteiger partial charge in [0.25, 0.3) is 0 Å². The van der Waals surface area contributed by atoms with Gasteiger partial charge in [0.15, 0.2) is 5.78 Å². The van der Waals surface area contributed by atoms with Crippen molar-refractivity contribution in [3.05, 3.63) is 23.5 Å². The molecule has 0 aromatic heterocycles. The number of hydrogen-bond acceptors (Lipinski definition) is 5. The van der Waals surface area contributed by atoms with Crippen LogP contribution in [0.2, 0.25) is 0 Å². The van der Waals surface area contributed by atoms with Crippen LogP contribution in [0.15, 0.2) is 23.5 Å². The number of allylic oxidation sites excluding steroid dienone is 1. The Balaban J connectivity index is 2.30. The highest BCUT2D eigenvalue weighted by molar-refractivity contribution is 6.03. The molecule has 0 saturated carbocycles. The first-order valence-electron chi connectivity index (χ1n) is 6.57. The van der Waals surface area contributed by atoms with Crippen molar-refractivity contribution in [3.63, 3.8) is 0 Å². The third-order valence-electron chi connectivity index (χ3n) is 4.00. The van der Waals surface area contributed by atoms with Gasteiger partial charge in [-0.1, -0.05) is 5.57 Å². The highest BCUT2D eigenvalue weighted by Crippen LogP contribution is 2.41. The smallest absolute Gasteiger partial charge is 0.249 e. The quantitative estimate of drug-likeness (QED) is 0.603. The van der Waals surface area contributed by atoms with E-state index >= 15 is 0 Å². The van der Waals surface area contributed by atoms with Crippen molar-refractivity contribution < 1.29 is 19.8 Å². The Morgan fingerprint density at radius 1 is 1.45 bits per heavy atom. The van der Waals surface area contributed by atoms with Crippen molar-refractivity contribution in [3.8, 4) is 0 Å². The summed E-state index contributed by atoms with van der Waals surface area (Å²) in [6, 6.07) is -0.459. The van der Waals surface area contributed by atoms with Gasteiger partial charge in [-0.15, -0.1) is 0 Å². The summed E-state index contributed by atoms with van der Waals surface area (Å²) in [6.07, 6.45) is 0.517. The fraction of sp³-hybridized carbons (Fsp3) is 0.571. The molecule has 1 fully saturated rings.